The fourth-order valence-electron chi connectivity index (χ4n) is 2.09. The Hall–Kier alpha value is -2.33. The monoisotopic (exact) mass is 239 g/mol. The van der Waals surface area contributed by atoms with Crippen molar-refractivity contribution in [1.82, 2.24) is 9.78 Å². The lowest BCUT2D eigenvalue weighted by Crippen LogP contribution is -2.05. The summed E-state index contributed by atoms with van der Waals surface area (Å²) in [4.78, 5) is 0. The molecule has 3 rings (SSSR count). The van der Waals surface area contributed by atoms with Gasteiger partial charge >= 0.3 is 0 Å². The fraction of sp³-hybridized carbons (Fsp3) is 0.0714. The van der Waals surface area contributed by atoms with Gasteiger partial charge in [-0.15, -0.1) is 0 Å². The van der Waals surface area contributed by atoms with Crippen LogP contribution in [0.25, 0.3) is 16.6 Å². The van der Waals surface area contributed by atoms with Gasteiger partial charge in [0, 0.05) is 18.0 Å². The Kier molecular flexibility index (Phi) is 2.50. The van der Waals surface area contributed by atoms with Gasteiger partial charge in [-0.25, -0.2) is 4.68 Å². The first-order chi connectivity index (χ1) is 8.79. The van der Waals surface area contributed by atoms with Crippen LogP contribution in [0.3, 0.4) is 0 Å². The second-order valence-electron chi connectivity index (χ2n) is 4.13. The summed E-state index contributed by atoms with van der Waals surface area (Å²) in [5.41, 5.74) is 8.58. The molecule has 4 heteroatoms. The molecular formula is C14H13N3O. The highest BCUT2D eigenvalue weighted by Gasteiger charge is 2.08. The Bertz CT molecular complexity index is 703. The molecule has 1 aromatic heterocycles. The summed E-state index contributed by atoms with van der Waals surface area (Å²) in [6.07, 6.45) is 1.78. The van der Waals surface area contributed by atoms with E-state index in [1.54, 1.807) is 23.0 Å². The molecule has 0 aliphatic rings. The zero-order chi connectivity index (χ0) is 12.5. The number of hydrogen-bond acceptors (Lipinski definition) is 3. The molecule has 0 aliphatic heterocycles. The van der Waals surface area contributed by atoms with Crippen LogP contribution in [0.1, 0.15) is 5.56 Å². The molecular weight excluding hydrogens is 226 g/mol. The molecule has 0 fully saturated rings. The predicted molar refractivity (Wildman–Crippen MR) is 70.6 cm³/mol. The molecule has 4 nitrogen and oxygen atoms in total. The van der Waals surface area contributed by atoms with Crippen molar-refractivity contribution in [3.05, 3.63) is 54.2 Å². The molecule has 0 atom stereocenters. The van der Waals surface area contributed by atoms with Crippen molar-refractivity contribution in [2.75, 3.05) is 0 Å². The number of aromatic nitrogens is 2. The Morgan fingerprint density at radius 3 is 2.83 bits per heavy atom. The van der Waals surface area contributed by atoms with E-state index in [0.717, 1.165) is 22.2 Å². The van der Waals surface area contributed by atoms with E-state index < -0.39 is 0 Å². The zero-order valence-electron chi connectivity index (χ0n) is 9.74. The van der Waals surface area contributed by atoms with Gasteiger partial charge < -0.3 is 10.8 Å². The molecule has 0 saturated carbocycles. The molecule has 0 aliphatic carbocycles. The Labute approximate surface area is 104 Å². The lowest BCUT2D eigenvalue weighted by Gasteiger charge is -2.08. The number of fused-ring (bicyclic) bond motifs is 1. The minimum atomic E-state index is 0.231. The van der Waals surface area contributed by atoms with Gasteiger partial charge in [0.05, 0.1) is 17.4 Å². The van der Waals surface area contributed by atoms with Gasteiger partial charge in [0.25, 0.3) is 0 Å². The molecule has 18 heavy (non-hydrogen) atoms. The quantitative estimate of drug-likeness (QED) is 0.720. The van der Waals surface area contributed by atoms with E-state index in [9.17, 15) is 5.11 Å². The maximum atomic E-state index is 9.58. The van der Waals surface area contributed by atoms with Crippen molar-refractivity contribution in [1.29, 1.82) is 0 Å². The van der Waals surface area contributed by atoms with Crippen LogP contribution >= 0.6 is 0 Å². The van der Waals surface area contributed by atoms with Gasteiger partial charge in [-0.05, 0) is 23.8 Å². The highest BCUT2D eigenvalue weighted by molar-refractivity contribution is 5.81. The molecule has 0 amide bonds. The average Bonchev–Trinajstić information content (AvgIpc) is 2.81. The van der Waals surface area contributed by atoms with Crippen molar-refractivity contribution in [2.45, 2.75) is 6.54 Å². The van der Waals surface area contributed by atoms with Gasteiger partial charge in [0.2, 0.25) is 0 Å². The van der Waals surface area contributed by atoms with E-state index in [2.05, 4.69) is 5.10 Å². The molecule has 3 N–H and O–H groups in total. The first-order valence-electron chi connectivity index (χ1n) is 5.74. The number of hydrogen-bond donors (Lipinski definition) is 2. The Morgan fingerprint density at radius 1 is 1.17 bits per heavy atom. The molecule has 0 unspecified atom stereocenters. The number of phenols is 1. The van der Waals surface area contributed by atoms with Crippen LogP contribution < -0.4 is 5.73 Å². The van der Waals surface area contributed by atoms with E-state index >= 15 is 0 Å². The first-order valence-corrected chi connectivity index (χ1v) is 5.74. The number of aromatic hydroxyl groups is 1. The van der Waals surface area contributed by atoms with Crippen LogP contribution in [0.2, 0.25) is 0 Å². The summed E-state index contributed by atoms with van der Waals surface area (Å²) in [5.74, 6) is 0.231. The number of para-hydroxylation sites is 1. The Balaban J connectivity index is 2.28. The lowest BCUT2D eigenvalue weighted by molar-refractivity contribution is 0.476. The van der Waals surface area contributed by atoms with Crippen molar-refractivity contribution in [2.24, 2.45) is 5.73 Å². The van der Waals surface area contributed by atoms with Gasteiger partial charge in [-0.1, -0.05) is 18.2 Å². The van der Waals surface area contributed by atoms with Crippen LogP contribution in [-0.4, -0.2) is 14.9 Å². The van der Waals surface area contributed by atoms with Crippen molar-refractivity contribution >= 4 is 10.9 Å². The topological polar surface area (TPSA) is 64.1 Å². The highest BCUT2D eigenvalue weighted by atomic mass is 16.3. The largest absolute Gasteiger partial charge is 0.508 e. The summed E-state index contributed by atoms with van der Waals surface area (Å²) in [6, 6.07) is 13.1. The van der Waals surface area contributed by atoms with Crippen LogP contribution in [-0.2, 0) is 6.54 Å². The van der Waals surface area contributed by atoms with E-state index in [-0.39, 0.29) is 5.75 Å². The van der Waals surface area contributed by atoms with Crippen molar-refractivity contribution in [3.8, 4) is 11.4 Å². The zero-order valence-corrected chi connectivity index (χ0v) is 9.74. The van der Waals surface area contributed by atoms with E-state index in [4.69, 9.17) is 5.73 Å². The summed E-state index contributed by atoms with van der Waals surface area (Å²) < 4.78 is 1.80. The predicted octanol–water partition coefficient (Wildman–Crippen LogP) is 2.19. The summed E-state index contributed by atoms with van der Waals surface area (Å²) in [6.45, 7) is 0.455. The number of rotatable bonds is 2. The highest BCUT2D eigenvalue weighted by Crippen LogP contribution is 2.23. The van der Waals surface area contributed by atoms with Crippen LogP contribution in [0, 0.1) is 0 Å². The fourth-order valence-corrected chi connectivity index (χ4v) is 2.09. The number of phenolic OH excluding ortho intramolecular Hbond substituents is 1. The van der Waals surface area contributed by atoms with Crippen molar-refractivity contribution in [3.63, 3.8) is 0 Å². The van der Waals surface area contributed by atoms with Crippen LogP contribution in [0.15, 0.2) is 48.7 Å². The lowest BCUT2D eigenvalue weighted by atomic mass is 10.1. The van der Waals surface area contributed by atoms with Gasteiger partial charge in [0.15, 0.2) is 0 Å². The molecule has 3 aromatic rings. The second-order valence-corrected chi connectivity index (χ2v) is 4.13. The average molecular weight is 239 g/mol. The summed E-state index contributed by atoms with van der Waals surface area (Å²) >= 11 is 0. The van der Waals surface area contributed by atoms with Crippen molar-refractivity contribution < 1.29 is 5.11 Å². The number of nitrogens with zero attached hydrogens (tertiary/aromatic N) is 2. The maximum absolute atomic E-state index is 9.58. The molecule has 90 valence electrons. The third kappa shape index (κ3) is 1.63. The maximum Gasteiger partial charge on any atom is 0.117 e. The van der Waals surface area contributed by atoms with E-state index in [1.165, 1.54) is 0 Å². The minimum absolute atomic E-state index is 0.231. The summed E-state index contributed by atoms with van der Waals surface area (Å²) in [7, 11) is 0. The SMILES string of the molecule is NCc1ccccc1-n1ncc2ccc(O)cc21. The first kappa shape index (κ1) is 10.8. The number of nitrogens with two attached hydrogens (primary N) is 1. The van der Waals surface area contributed by atoms with Gasteiger partial charge in [0.1, 0.15) is 5.75 Å². The Morgan fingerprint density at radius 2 is 2.00 bits per heavy atom. The number of benzene rings is 2. The van der Waals surface area contributed by atoms with E-state index in [0.29, 0.717) is 6.54 Å². The van der Waals surface area contributed by atoms with Crippen LogP contribution in [0.4, 0.5) is 0 Å². The standard InChI is InChI=1S/C14H13N3O/c15-8-10-3-1-2-4-13(10)17-14-7-12(18)6-5-11(14)9-16-17/h1-7,9,18H,8,15H2. The minimum Gasteiger partial charge on any atom is -0.508 e. The molecule has 2 aromatic carbocycles. The normalized spacial score (nSPS) is 10.9. The smallest absolute Gasteiger partial charge is 0.117 e. The third-order valence-electron chi connectivity index (χ3n) is 2.99. The van der Waals surface area contributed by atoms with E-state index in [1.807, 2.05) is 30.3 Å². The molecule has 0 spiro atoms. The molecule has 0 radical (unpaired) electrons. The summed E-state index contributed by atoms with van der Waals surface area (Å²) in [5, 5.41) is 14.9. The third-order valence-corrected chi connectivity index (χ3v) is 2.99. The van der Waals surface area contributed by atoms with Gasteiger partial charge in [-0.3, -0.25) is 0 Å². The molecule has 1 heterocycles. The van der Waals surface area contributed by atoms with Crippen LogP contribution in [0.5, 0.6) is 5.75 Å². The molecule has 0 bridgehead atoms. The second kappa shape index (κ2) is 4.16. The molecule has 0 saturated heterocycles. The van der Waals surface area contributed by atoms with Gasteiger partial charge in [-0.2, -0.15) is 5.10 Å².